The molecule has 1 heterocycles. The number of ether oxygens (including phenoxy) is 1. The number of pyridine rings is 1. The van der Waals surface area contributed by atoms with Gasteiger partial charge in [0.1, 0.15) is 5.82 Å². The molecule has 0 bridgehead atoms. The van der Waals surface area contributed by atoms with Gasteiger partial charge in [0.15, 0.2) is 6.61 Å². The van der Waals surface area contributed by atoms with Gasteiger partial charge in [0, 0.05) is 12.3 Å². The number of carbonyl (C=O) groups excluding carboxylic acids is 1. The smallest absolute Gasteiger partial charge is 0.258 e. The fraction of sp³-hybridized carbons (Fsp3) is 0.200. The van der Waals surface area contributed by atoms with Crippen molar-refractivity contribution in [2.75, 3.05) is 6.61 Å². The van der Waals surface area contributed by atoms with Crippen LogP contribution in [0.3, 0.4) is 0 Å². The number of nitrogens with one attached hydrogen (secondary N) is 1. The Hall–Kier alpha value is -2.43. The fourth-order valence-electron chi connectivity index (χ4n) is 1.69. The maximum Gasteiger partial charge on any atom is 0.258 e. The van der Waals surface area contributed by atoms with Crippen LogP contribution < -0.4 is 10.1 Å². The quantitative estimate of drug-likeness (QED) is 0.911. The van der Waals surface area contributed by atoms with Gasteiger partial charge >= 0.3 is 0 Å². The summed E-state index contributed by atoms with van der Waals surface area (Å²) in [5, 5.41) is 2.77. The minimum atomic E-state index is -0.300. The number of aromatic nitrogens is 1. The van der Waals surface area contributed by atoms with Crippen molar-refractivity contribution in [1.82, 2.24) is 10.3 Å². The van der Waals surface area contributed by atoms with Crippen molar-refractivity contribution in [1.29, 1.82) is 0 Å². The highest BCUT2D eigenvalue weighted by atomic mass is 19.1. The Bertz CT molecular complexity index is 558. The Kier molecular flexibility index (Phi) is 4.65. The molecule has 5 heteroatoms. The molecule has 0 radical (unpaired) electrons. The molecular formula is C15H15FN2O2. The maximum absolute atomic E-state index is 12.8. The van der Waals surface area contributed by atoms with Gasteiger partial charge in [-0.3, -0.25) is 4.79 Å². The van der Waals surface area contributed by atoms with Gasteiger partial charge in [-0.05, 0) is 30.7 Å². The van der Waals surface area contributed by atoms with E-state index in [2.05, 4.69) is 10.3 Å². The summed E-state index contributed by atoms with van der Waals surface area (Å²) in [6.07, 6.45) is 1.59. The minimum Gasteiger partial charge on any atom is -0.468 e. The summed E-state index contributed by atoms with van der Waals surface area (Å²) in [5.41, 5.74) is 0.831. The lowest BCUT2D eigenvalue weighted by molar-refractivity contribution is -0.123. The van der Waals surface area contributed by atoms with Crippen LogP contribution in [0.15, 0.2) is 48.7 Å². The van der Waals surface area contributed by atoms with Gasteiger partial charge in [0.2, 0.25) is 5.88 Å². The van der Waals surface area contributed by atoms with Crippen LogP contribution in [-0.4, -0.2) is 17.5 Å². The monoisotopic (exact) mass is 274 g/mol. The first-order valence-corrected chi connectivity index (χ1v) is 6.24. The molecule has 2 rings (SSSR count). The molecule has 1 amide bonds. The van der Waals surface area contributed by atoms with Crippen molar-refractivity contribution in [2.45, 2.75) is 13.0 Å². The van der Waals surface area contributed by atoms with Crippen LogP contribution in [0.25, 0.3) is 0 Å². The van der Waals surface area contributed by atoms with E-state index in [9.17, 15) is 9.18 Å². The van der Waals surface area contributed by atoms with Crippen LogP contribution in [0.5, 0.6) is 5.88 Å². The number of hydrogen-bond donors (Lipinski definition) is 1. The van der Waals surface area contributed by atoms with Crippen LogP contribution in [0, 0.1) is 5.82 Å². The number of carbonyl (C=O) groups is 1. The van der Waals surface area contributed by atoms with Crippen molar-refractivity contribution >= 4 is 5.91 Å². The van der Waals surface area contributed by atoms with E-state index in [0.717, 1.165) is 5.56 Å². The summed E-state index contributed by atoms with van der Waals surface area (Å²) in [6, 6.07) is 11.0. The molecule has 0 saturated carbocycles. The number of halogens is 1. The Morgan fingerprint density at radius 2 is 2.05 bits per heavy atom. The minimum absolute atomic E-state index is 0.109. The van der Waals surface area contributed by atoms with E-state index in [1.807, 2.05) is 6.92 Å². The molecule has 0 spiro atoms. The van der Waals surface area contributed by atoms with Crippen LogP contribution in [0.4, 0.5) is 4.39 Å². The molecular weight excluding hydrogens is 259 g/mol. The summed E-state index contributed by atoms with van der Waals surface area (Å²) in [7, 11) is 0. The first-order valence-electron chi connectivity index (χ1n) is 6.24. The zero-order chi connectivity index (χ0) is 14.4. The van der Waals surface area contributed by atoms with Gasteiger partial charge < -0.3 is 10.1 Å². The molecule has 0 saturated heterocycles. The predicted molar refractivity (Wildman–Crippen MR) is 72.7 cm³/mol. The third-order valence-corrected chi connectivity index (χ3v) is 2.74. The summed E-state index contributed by atoms with van der Waals surface area (Å²) >= 11 is 0. The second-order valence-electron chi connectivity index (χ2n) is 4.30. The van der Waals surface area contributed by atoms with Crippen LogP contribution in [0.1, 0.15) is 18.5 Å². The highest BCUT2D eigenvalue weighted by Gasteiger charge is 2.10. The van der Waals surface area contributed by atoms with Crippen molar-refractivity contribution in [2.24, 2.45) is 0 Å². The molecule has 20 heavy (non-hydrogen) atoms. The van der Waals surface area contributed by atoms with Crippen LogP contribution >= 0.6 is 0 Å². The predicted octanol–water partition coefficient (Wildman–Crippen LogP) is 2.48. The SMILES string of the molecule is CC(NC(=O)COc1ccccn1)c1ccc(F)cc1. The highest BCUT2D eigenvalue weighted by Crippen LogP contribution is 2.12. The third kappa shape index (κ3) is 4.05. The van der Waals surface area contributed by atoms with E-state index in [1.165, 1.54) is 12.1 Å². The first-order chi connectivity index (χ1) is 9.65. The van der Waals surface area contributed by atoms with Gasteiger partial charge in [-0.1, -0.05) is 18.2 Å². The van der Waals surface area contributed by atoms with Crippen molar-refractivity contribution in [3.8, 4) is 5.88 Å². The van der Waals surface area contributed by atoms with E-state index in [-0.39, 0.29) is 24.4 Å². The molecule has 2 aromatic rings. The summed E-state index contributed by atoms with van der Waals surface area (Å²) < 4.78 is 18.0. The lowest BCUT2D eigenvalue weighted by atomic mass is 10.1. The molecule has 104 valence electrons. The van der Waals surface area contributed by atoms with Gasteiger partial charge in [-0.15, -0.1) is 0 Å². The lowest BCUT2D eigenvalue weighted by Gasteiger charge is -2.14. The molecule has 4 nitrogen and oxygen atoms in total. The standard InChI is InChI=1S/C15H15FN2O2/c1-11(12-5-7-13(16)8-6-12)18-14(19)10-20-15-4-2-3-9-17-15/h2-9,11H,10H2,1H3,(H,18,19). The van der Waals surface area contributed by atoms with E-state index in [0.29, 0.717) is 5.88 Å². The zero-order valence-corrected chi connectivity index (χ0v) is 11.0. The number of rotatable bonds is 5. The van der Waals surface area contributed by atoms with Crippen molar-refractivity contribution < 1.29 is 13.9 Å². The Morgan fingerprint density at radius 3 is 2.70 bits per heavy atom. The second kappa shape index (κ2) is 6.65. The van der Waals surface area contributed by atoms with E-state index < -0.39 is 0 Å². The Morgan fingerprint density at radius 1 is 1.30 bits per heavy atom. The van der Waals surface area contributed by atoms with Crippen molar-refractivity contribution in [3.05, 3.63) is 60.0 Å². The van der Waals surface area contributed by atoms with Crippen molar-refractivity contribution in [3.63, 3.8) is 0 Å². The topological polar surface area (TPSA) is 51.2 Å². The van der Waals surface area contributed by atoms with Crippen LogP contribution in [-0.2, 0) is 4.79 Å². The summed E-state index contributed by atoms with van der Waals surface area (Å²) in [5.74, 6) is -0.157. The first kappa shape index (κ1) is 14.0. The molecule has 1 aromatic carbocycles. The lowest BCUT2D eigenvalue weighted by Crippen LogP contribution is -2.31. The average molecular weight is 274 g/mol. The molecule has 1 unspecified atom stereocenters. The average Bonchev–Trinajstić information content (AvgIpc) is 2.47. The highest BCUT2D eigenvalue weighted by molar-refractivity contribution is 5.77. The summed E-state index contributed by atoms with van der Waals surface area (Å²) in [6.45, 7) is 1.72. The Balaban J connectivity index is 1.83. The zero-order valence-electron chi connectivity index (χ0n) is 11.0. The van der Waals surface area contributed by atoms with E-state index in [1.54, 1.807) is 36.5 Å². The molecule has 1 aromatic heterocycles. The molecule has 1 N–H and O–H groups in total. The number of nitrogens with zero attached hydrogens (tertiary/aromatic N) is 1. The Labute approximate surface area is 116 Å². The second-order valence-corrected chi connectivity index (χ2v) is 4.30. The number of hydrogen-bond acceptors (Lipinski definition) is 3. The molecule has 0 aliphatic rings. The molecule has 0 aliphatic carbocycles. The number of benzene rings is 1. The largest absolute Gasteiger partial charge is 0.468 e. The normalized spacial score (nSPS) is 11.7. The van der Waals surface area contributed by atoms with Gasteiger partial charge in [0.05, 0.1) is 6.04 Å². The van der Waals surface area contributed by atoms with E-state index in [4.69, 9.17) is 4.74 Å². The third-order valence-electron chi connectivity index (χ3n) is 2.74. The fourth-order valence-corrected chi connectivity index (χ4v) is 1.69. The van der Waals surface area contributed by atoms with Gasteiger partial charge in [-0.25, -0.2) is 9.37 Å². The van der Waals surface area contributed by atoms with Crippen LogP contribution in [0.2, 0.25) is 0 Å². The molecule has 0 aliphatic heterocycles. The van der Waals surface area contributed by atoms with E-state index >= 15 is 0 Å². The summed E-state index contributed by atoms with van der Waals surface area (Å²) in [4.78, 5) is 15.7. The van der Waals surface area contributed by atoms with Gasteiger partial charge in [-0.2, -0.15) is 0 Å². The number of amides is 1. The maximum atomic E-state index is 12.8. The molecule has 0 fully saturated rings. The molecule has 1 atom stereocenters. The van der Waals surface area contributed by atoms with Gasteiger partial charge in [0.25, 0.3) is 5.91 Å².